The third-order valence-electron chi connectivity index (χ3n) is 2.56. The summed E-state index contributed by atoms with van der Waals surface area (Å²) in [5, 5.41) is 0.550. The van der Waals surface area contributed by atoms with E-state index >= 15 is 0 Å². The first-order valence-corrected chi connectivity index (χ1v) is 5.20. The number of benzene rings is 1. The summed E-state index contributed by atoms with van der Waals surface area (Å²) < 4.78 is 67.3. The molecule has 0 fully saturated rings. The first-order chi connectivity index (χ1) is 11.2. The predicted molar refractivity (Wildman–Crippen MR) is 71.6 cm³/mol. The topological polar surface area (TPSA) is 17.4 Å². The van der Waals surface area contributed by atoms with Gasteiger partial charge in [-0.1, -0.05) is 0 Å². The van der Waals surface area contributed by atoms with Gasteiger partial charge in [-0.2, -0.15) is 0 Å². The van der Waals surface area contributed by atoms with Crippen molar-refractivity contribution in [2.75, 3.05) is 21.1 Å². The van der Waals surface area contributed by atoms with Gasteiger partial charge in [-0.3, -0.25) is 0 Å². The largest absolute Gasteiger partial charge is 0.497 e. The summed E-state index contributed by atoms with van der Waals surface area (Å²) in [6.07, 6.45) is 1.45. The van der Waals surface area contributed by atoms with Gasteiger partial charge in [0.25, 0.3) is 0 Å². The minimum atomic E-state index is -2.58. The Hall–Kier alpha value is -1.48. The number of aromatic nitrogens is 1. The Bertz CT molecular complexity index is 747. The van der Waals surface area contributed by atoms with Gasteiger partial charge in [-0.05, 0) is 45.2 Å². The molecule has 3 nitrogen and oxygen atoms in total. The summed E-state index contributed by atoms with van der Waals surface area (Å²) in [6, 6.07) is 4.64. The summed E-state index contributed by atoms with van der Waals surface area (Å²) >= 11 is 0. The Morgan fingerprint density at radius 3 is 3.06 bits per heavy atom. The van der Waals surface area contributed by atoms with Gasteiger partial charge >= 0.3 is 0 Å². The van der Waals surface area contributed by atoms with Crippen LogP contribution in [0.1, 0.15) is 17.8 Å². The van der Waals surface area contributed by atoms with Gasteiger partial charge < -0.3 is 14.2 Å². The Kier molecular flexibility index (Phi) is 1.54. The fourth-order valence-corrected chi connectivity index (χ4v) is 1.54. The van der Waals surface area contributed by atoms with Crippen molar-refractivity contribution in [3.05, 3.63) is 30.5 Å². The summed E-state index contributed by atoms with van der Waals surface area (Å²) in [6.45, 7) is -4.75. The molecule has 0 aliphatic carbocycles. The standard InChI is InChI=1S/C14H20N2O/c1-11(15(2)3)10-16-8-7-12-9-13(17-4)5-6-14(12)16/h5-9,11H,10H2,1-4H3/t11-/m1/s1/i1D3,4D3,10D2. The smallest absolute Gasteiger partial charge is 0.119 e. The quantitative estimate of drug-likeness (QED) is 0.817. The Morgan fingerprint density at radius 2 is 2.35 bits per heavy atom. The van der Waals surface area contributed by atoms with Gasteiger partial charge in [0.1, 0.15) is 5.75 Å². The first kappa shape index (κ1) is 5.44. The molecule has 2 aromatic rings. The number of hydrogen-bond acceptors (Lipinski definition) is 2. The van der Waals surface area contributed by atoms with Crippen LogP contribution >= 0.6 is 0 Å². The third kappa shape index (κ3) is 2.44. The lowest BCUT2D eigenvalue weighted by Crippen LogP contribution is -2.28. The van der Waals surface area contributed by atoms with Gasteiger partial charge in [0, 0.05) is 33.8 Å². The van der Waals surface area contributed by atoms with Gasteiger partial charge in [0.15, 0.2) is 0 Å². The Labute approximate surface area is 114 Å². The van der Waals surface area contributed by atoms with Crippen molar-refractivity contribution in [1.29, 1.82) is 0 Å². The lowest BCUT2D eigenvalue weighted by molar-refractivity contribution is 0.286. The van der Waals surface area contributed by atoms with Crippen molar-refractivity contribution < 1.29 is 15.7 Å². The van der Waals surface area contributed by atoms with Crippen molar-refractivity contribution in [2.45, 2.75) is 19.4 Å². The van der Waals surface area contributed by atoms with Crippen LogP contribution in [0.25, 0.3) is 10.9 Å². The predicted octanol–water partition coefficient (Wildman–Crippen LogP) is 2.60. The molecular weight excluding hydrogens is 212 g/mol. The monoisotopic (exact) mass is 240 g/mol. The third-order valence-corrected chi connectivity index (χ3v) is 2.56. The molecule has 17 heavy (non-hydrogen) atoms. The maximum atomic E-state index is 8.41. The summed E-state index contributed by atoms with van der Waals surface area (Å²) in [7, 11) is 0.452. The highest BCUT2D eigenvalue weighted by Gasteiger charge is 2.08. The minimum absolute atomic E-state index is 0.130. The van der Waals surface area contributed by atoms with E-state index in [0.717, 1.165) is 0 Å². The normalized spacial score (nSPS) is 22.5. The molecule has 1 aromatic carbocycles. The van der Waals surface area contributed by atoms with Gasteiger partial charge in [-0.25, -0.2) is 0 Å². The van der Waals surface area contributed by atoms with Gasteiger partial charge in [0.2, 0.25) is 0 Å². The fourth-order valence-electron chi connectivity index (χ4n) is 1.54. The number of rotatable bonds is 4. The zero-order valence-electron chi connectivity index (χ0n) is 17.8. The zero-order valence-corrected chi connectivity index (χ0v) is 9.77. The Balaban J connectivity index is 2.50. The van der Waals surface area contributed by atoms with Crippen molar-refractivity contribution in [2.24, 2.45) is 0 Å². The second-order valence-corrected chi connectivity index (χ2v) is 4.00. The minimum Gasteiger partial charge on any atom is -0.497 e. The van der Waals surface area contributed by atoms with Crippen LogP contribution in [0.5, 0.6) is 5.75 Å². The molecule has 0 radical (unpaired) electrons. The number of nitrogens with zero attached hydrogens (tertiary/aromatic N) is 2. The average Bonchev–Trinajstić information content (AvgIpc) is 2.77. The van der Waals surface area contributed by atoms with E-state index in [1.54, 1.807) is 6.07 Å². The summed E-state index contributed by atoms with van der Waals surface area (Å²) in [5.74, 6) is 0.130. The van der Waals surface area contributed by atoms with Crippen molar-refractivity contribution in [1.82, 2.24) is 9.47 Å². The molecular formula is C14H20N2O. The van der Waals surface area contributed by atoms with Crippen molar-refractivity contribution in [3.8, 4) is 5.75 Å². The summed E-state index contributed by atoms with van der Waals surface area (Å²) in [4.78, 5) is 1.34. The van der Waals surface area contributed by atoms with Crippen LogP contribution in [0.4, 0.5) is 0 Å². The molecule has 0 aliphatic rings. The van der Waals surface area contributed by atoms with Gasteiger partial charge in [-0.15, -0.1) is 0 Å². The molecule has 3 heteroatoms. The highest BCUT2D eigenvalue weighted by atomic mass is 16.5. The number of ether oxygens (including phenoxy) is 1. The van der Waals surface area contributed by atoms with Crippen LogP contribution in [0.2, 0.25) is 0 Å². The molecule has 0 saturated heterocycles. The molecule has 0 spiro atoms. The number of hydrogen-bond donors (Lipinski definition) is 0. The second kappa shape index (κ2) is 4.80. The van der Waals surface area contributed by atoms with E-state index in [2.05, 4.69) is 0 Å². The molecule has 0 bridgehead atoms. The maximum Gasteiger partial charge on any atom is 0.119 e. The highest BCUT2D eigenvalue weighted by molar-refractivity contribution is 5.81. The van der Waals surface area contributed by atoms with Crippen molar-refractivity contribution in [3.63, 3.8) is 0 Å². The number of likely N-dealkylation sites (N-methyl/N-ethyl adjacent to an activating group) is 1. The van der Waals surface area contributed by atoms with E-state index in [1.165, 1.54) is 48.0 Å². The molecule has 0 unspecified atom stereocenters. The molecule has 2 rings (SSSR count). The van der Waals surface area contributed by atoms with E-state index in [4.69, 9.17) is 15.7 Å². The molecule has 0 amide bonds. The van der Waals surface area contributed by atoms with E-state index in [0.29, 0.717) is 10.9 Å². The van der Waals surface area contributed by atoms with Crippen LogP contribution in [0.15, 0.2) is 30.5 Å². The molecule has 92 valence electrons. The molecule has 1 atom stereocenters. The van der Waals surface area contributed by atoms with Crippen molar-refractivity contribution >= 4 is 10.9 Å². The second-order valence-electron chi connectivity index (χ2n) is 4.00. The lowest BCUT2D eigenvalue weighted by atomic mass is 10.2. The molecule has 0 saturated carbocycles. The average molecular weight is 240 g/mol. The zero-order chi connectivity index (χ0) is 19.2. The van der Waals surface area contributed by atoms with Gasteiger partial charge in [0.05, 0.1) is 13.9 Å². The van der Waals surface area contributed by atoms with Crippen LogP contribution < -0.4 is 4.74 Å². The van der Waals surface area contributed by atoms with E-state index in [-0.39, 0.29) is 5.75 Å². The number of methoxy groups -OCH3 is 1. The maximum absolute atomic E-state index is 8.41. The molecule has 1 aromatic heterocycles. The number of fused-ring (bicyclic) bond motifs is 1. The highest BCUT2D eigenvalue weighted by Crippen LogP contribution is 2.22. The molecule has 1 heterocycles. The van der Waals surface area contributed by atoms with Crippen LogP contribution in [0, 0.1) is 0 Å². The first-order valence-electron chi connectivity index (χ1n) is 9.20. The van der Waals surface area contributed by atoms with Crippen LogP contribution in [-0.2, 0) is 6.50 Å². The molecule has 0 N–H and O–H groups in total. The van der Waals surface area contributed by atoms with E-state index in [1.807, 2.05) is 0 Å². The lowest BCUT2D eigenvalue weighted by Gasteiger charge is -2.20. The van der Waals surface area contributed by atoms with Crippen LogP contribution in [0.3, 0.4) is 0 Å². The Morgan fingerprint density at radius 1 is 1.47 bits per heavy atom. The molecule has 0 aliphatic heterocycles. The van der Waals surface area contributed by atoms with E-state index in [9.17, 15) is 0 Å². The summed E-state index contributed by atoms with van der Waals surface area (Å²) in [5.41, 5.74) is 0.444. The van der Waals surface area contributed by atoms with E-state index < -0.39 is 26.4 Å². The fraction of sp³-hybridized carbons (Fsp3) is 0.429. The SMILES string of the molecule is [2H]C([2H])([2H])Oc1ccc2c(ccn2C([2H])([2H])[C@H](N(C)C)C([2H])([2H])[2H])c1. The van der Waals surface area contributed by atoms with Crippen LogP contribution in [-0.4, -0.2) is 36.6 Å².